The van der Waals surface area contributed by atoms with Crippen LogP contribution in [0.5, 0.6) is 0 Å². The topological polar surface area (TPSA) is 86.7 Å². The fourth-order valence-electron chi connectivity index (χ4n) is 1.50. The fourth-order valence-corrected chi connectivity index (χ4v) is 4.57. The highest BCUT2D eigenvalue weighted by Crippen LogP contribution is 2.34. The van der Waals surface area contributed by atoms with E-state index in [9.17, 15) is 16.8 Å². The first-order chi connectivity index (χ1) is 7.64. The predicted octanol–water partition coefficient (Wildman–Crippen LogP) is 0.847. The van der Waals surface area contributed by atoms with Crippen LogP contribution < -0.4 is 0 Å². The van der Waals surface area contributed by atoms with Crippen molar-refractivity contribution in [3.8, 4) is 0 Å². The van der Waals surface area contributed by atoms with Crippen LogP contribution in [0.3, 0.4) is 0 Å². The summed E-state index contributed by atoms with van der Waals surface area (Å²) in [5.41, 5.74) is 0. The Morgan fingerprint density at radius 3 is 1.59 bits per heavy atom. The van der Waals surface area contributed by atoms with Crippen molar-refractivity contribution in [2.24, 2.45) is 0 Å². The number of rotatable bonds is 0. The van der Waals surface area contributed by atoms with Crippen LogP contribution in [-0.2, 0) is 28.6 Å². The van der Waals surface area contributed by atoms with Gasteiger partial charge in [-0.3, -0.25) is 0 Å². The van der Waals surface area contributed by atoms with Crippen molar-refractivity contribution in [2.75, 3.05) is 0 Å². The zero-order chi connectivity index (χ0) is 12.9. The summed E-state index contributed by atoms with van der Waals surface area (Å²) in [4.78, 5) is -0.823. The van der Waals surface area contributed by atoms with Crippen molar-refractivity contribution < 1.29 is 25.2 Å². The van der Waals surface area contributed by atoms with Gasteiger partial charge in [0.1, 0.15) is 9.79 Å². The van der Waals surface area contributed by atoms with Crippen LogP contribution in [-0.4, -0.2) is 22.6 Å². The molecule has 0 aliphatic carbocycles. The standard InChI is InChI=1S/C9H10O6S2/c1-9(2)14-16(10,11)7-5-3-4-6-8(7)17(12,13)15-9/h3-6H,1-2H3. The molecule has 0 radical (unpaired) electrons. The normalized spacial score (nSPS) is 24.6. The minimum atomic E-state index is -4.16. The first-order valence-electron chi connectivity index (χ1n) is 4.64. The van der Waals surface area contributed by atoms with Crippen LogP contribution in [0.15, 0.2) is 34.1 Å². The Bertz CT molecular complexity index is 599. The van der Waals surface area contributed by atoms with Gasteiger partial charge in [0.25, 0.3) is 0 Å². The molecule has 94 valence electrons. The van der Waals surface area contributed by atoms with E-state index in [2.05, 4.69) is 0 Å². The Hall–Kier alpha value is -0.960. The van der Waals surface area contributed by atoms with E-state index in [1.165, 1.54) is 26.0 Å². The van der Waals surface area contributed by atoms with Gasteiger partial charge in [0, 0.05) is 0 Å². The average molecular weight is 278 g/mol. The summed E-state index contributed by atoms with van der Waals surface area (Å²) in [7, 11) is -8.32. The van der Waals surface area contributed by atoms with Crippen molar-refractivity contribution in [3.05, 3.63) is 24.3 Å². The summed E-state index contributed by atoms with van der Waals surface area (Å²) in [6.07, 6.45) is 0. The van der Waals surface area contributed by atoms with Gasteiger partial charge in [-0.05, 0) is 26.0 Å². The third-order valence-corrected chi connectivity index (χ3v) is 5.17. The summed E-state index contributed by atoms with van der Waals surface area (Å²) >= 11 is 0. The molecule has 0 amide bonds. The Morgan fingerprint density at radius 2 is 1.24 bits per heavy atom. The lowest BCUT2D eigenvalue weighted by atomic mass is 10.4. The highest BCUT2D eigenvalue weighted by Gasteiger charge is 2.41. The molecule has 1 aliphatic rings. The van der Waals surface area contributed by atoms with Gasteiger partial charge in [-0.2, -0.15) is 16.8 Å². The smallest absolute Gasteiger partial charge is 0.231 e. The summed E-state index contributed by atoms with van der Waals surface area (Å²) in [5.74, 6) is -1.77. The molecule has 6 nitrogen and oxygen atoms in total. The van der Waals surface area contributed by atoms with Crippen molar-refractivity contribution in [1.82, 2.24) is 0 Å². The second-order valence-electron chi connectivity index (χ2n) is 3.92. The lowest BCUT2D eigenvalue weighted by molar-refractivity contribution is -0.0686. The van der Waals surface area contributed by atoms with Gasteiger partial charge in [-0.15, -0.1) is 0 Å². The molecule has 8 heteroatoms. The summed E-state index contributed by atoms with van der Waals surface area (Å²) in [6, 6.07) is 5.14. The molecule has 0 saturated heterocycles. The number of fused-ring (bicyclic) bond motifs is 1. The molecular formula is C9H10O6S2. The summed E-state index contributed by atoms with van der Waals surface area (Å²) in [5, 5.41) is 0. The first kappa shape index (κ1) is 12.5. The molecule has 1 aliphatic heterocycles. The quantitative estimate of drug-likeness (QED) is 0.654. The summed E-state index contributed by atoms with van der Waals surface area (Å²) in [6.45, 7) is 2.43. The monoisotopic (exact) mass is 278 g/mol. The minimum absolute atomic E-state index is 0.412. The van der Waals surface area contributed by atoms with Gasteiger partial charge in [0.05, 0.1) is 0 Å². The van der Waals surface area contributed by atoms with Gasteiger partial charge in [-0.25, -0.2) is 8.37 Å². The zero-order valence-corrected chi connectivity index (χ0v) is 10.7. The van der Waals surface area contributed by atoms with Crippen molar-refractivity contribution in [1.29, 1.82) is 0 Å². The number of benzene rings is 1. The van der Waals surface area contributed by atoms with E-state index >= 15 is 0 Å². The molecule has 0 atom stereocenters. The van der Waals surface area contributed by atoms with Crippen LogP contribution in [0.25, 0.3) is 0 Å². The lowest BCUT2D eigenvalue weighted by Crippen LogP contribution is -2.30. The SMILES string of the molecule is CC1(C)OS(=O)(=O)c2ccccc2S(=O)(=O)O1. The van der Waals surface area contributed by atoms with Gasteiger partial charge in [-0.1, -0.05) is 12.1 Å². The predicted molar refractivity (Wildman–Crippen MR) is 57.1 cm³/mol. The molecule has 2 rings (SSSR count). The van der Waals surface area contributed by atoms with E-state index in [4.69, 9.17) is 8.37 Å². The molecule has 0 fully saturated rings. The molecule has 17 heavy (non-hydrogen) atoms. The second kappa shape index (κ2) is 3.52. The highest BCUT2D eigenvalue weighted by atomic mass is 32.2. The Morgan fingerprint density at radius 1 is 0.882 bits per heavy atom. The molecule has 0 spiro atoms. The van der Waals surface area contributed by atoms with Crippen molar-refractivity contribution in [3.63, 3.8) is 0 Å². The Kier molecular flexibility index (Phi) is 2.58. The molecule has 0 aromatic heterocycles. The third-order valence-electron chi connectivity index (χ3n) is 2.01. The van der Waals surface area contributed by atoms with E-state index in [0.717, 1.165) is 12.1 Å². The maximum absolute atomic E-state index is 11.8. The van der Waals surface area contributed by atoms with E-state index in [-0.39, 0.29) is 0 Å². The lowest BCUT2D eigenvalue weighted by Gasteiger charge is -2.19. The van der Waals surface area contributed by atoms with E-state index in [0.29, 0.717) is 0 Å². The molecule has 0 saturated carbocycles. The van der Waals surface area contributed by atoms with Gasteiger partial charge < -0.3 is 0 Å². The highest BCUT2D eigenvalue weighted by molar-refractivity contribution is 7.90. The molecule has 1 aromatic rings. The van der Waals surface area contributed by atoms with Gasteiger partial charge >= 0.3 is 20.2 Å². The zero-order valence-electron chi connectivity index (χ0n) is 9.08. The molecule has 0 N–H and O–H groups in total. The van der Waals surface area contributed by atoms with E-state index < -0.39 is 35.8 Å². The van der Waals surface area contributed by atoms with E-state index in [1.807, 2.05) is 0 Å². The fraction of sp³-hybridized carbons (Fsp3) is 0.333. The van der Waals surface area contributed by atoms with Gasteiger partial charge in [0.15, 0.2) is 5.79 Å². The van der Waals surface area contributed by atoms with Gasteiger partial charge in [0.2, 0.25) is 0 Å². The molecule has 0 bridgehead atoms. The second-order valence-corrected chi connectivity index (χ2v) is 6.95. The van der Waals surface area contributed by atoms with Crippen molar-refractivity contribution in [2.45, 2.75) is 29.4 Å². The van der Waals surface area contributed by atoms with Crippen LogP contribution in [0.4, 0.5) is 0 Å². The average Bonchev–Trinajstić information content (AvgIpc) is 2.18. The Labute approximate surface area is 99.4 Å². The van der Waals surface area contributed by atoms with Crippen molar-refractivity contribution >= 4 is 20.2 Å². The van der Waals surface area contributed by atoms with Crippen LogP contribution in [0.1, 0.15) is 13.8 Å². The van der Waals surface area contributed by atoms with Crippen LogP contribution in [0.2, 0.25) is 0 Å². The summed E-state index contributed by atoms with van der Waals surface area (Å²) < 4.78 is 56.8. The third kappa shape index (κ3) is 2.21. The number of hydrogen-bond acceptors (Lipinski definition) is 6. The molecule has 1 heterocycles. The van der Waals surface area contributed by atoms with E-state index in [1.54, 1.807) is 0 Å². The van der Waals surface area contributed by atoms with Crippen LogP contribution in [0, 0.1) is 0 Å². The maximum atomic E-state index is 11.8. The maximum Gasteiger partial charge on any atom is 0.301 e. The van der Waals surface area contributed by atoms with Crippen LogP contribution >= 0.6 is 0 Å². The largest absolute Gasteiger partial charge is 0.301 e. The molecular weight excluding hydrogens is 268 g/mol. The Balaban J connectivity index is 2.84. The number of hydrogen-bond donors (Lipinski definition) is 0. The first-order valence-corrected chi connectivity index (χ1v) is 7.46. The molecule has 0 unspecified atom stereocenters. The molecule has 1 aromatic carbocycles. The minimum Gasteiger partial charge on any atom is -0.231 e.